The molecule has 0 unspecified atom stereocenters. The lowest BCUT2D eigenvalue weighted by molar-refractivity contribution is -0.129. The SMILES string of the molecule is CN(Cc1ccc2c(c1)OCO2)C(=O)Cc1cccs1. The van der Waals surface area contributed by atoms with Crippen LogP contribution in [-0.4, -0.2) is 24.6 Å². The Balaban J connectivity index is 1.63. The summed E-state index contributed by atoms with van der Waals surface area (Å²) >= 11 is 1.61. The Morgan fingerprint density at radius 3 is 2.95 bits per heavy atom. The van der Waals surface area contributed by atoms with Gasteiger partial charge in [0.25, 0.3) is 0 Å². The van der Waals surface area contributed by atoms with Crippen molar-refractivity contribution in [2.45, 2.75) is 13.0 Å². The molecule has 1 aliphatic rings. The second-order valence-corrected chi connectivity index (χ2v) is 5.73. The molecule has 1 aromatic carbocycles. The zero-order chi connectivity index (χ0) is 13.9. The van der Waals surface area contributed by atoms with Gasteiger partial charge in [-0.3, -0.25) is 4.79 Å². The van der Waals surface area contributed by atoms with Crippen molar-refractivity contribution in [2.24, 2.45) is 0 Å². The molecule has 104 valence electrons. The largest absolute Gasteiger partial charge is 0.454 e. The molecule has 0 radical (unpaired) electrons. The molecule has 0 aliphatic carbocycles. The van der Waals surface area contributed by atoms with Gasteiger partial charge in [0.2, 0.25) is 12.7 Å². The summed E-state index contributed by atoms with van der Waals surface area (Å²) in [5.41, 5.74) is 1.04. The van der Waals surface area contributed by atoms with E-state index < -0.39 is 0 Å². The number of benzene rings is 1. The number of likely N-dealkylation sites (N-methyl/N-ethyl adjacent to an activating group) is 1. The summed E-state index contributed by atoms with van der Waals surface area (Å²) in [6.45, 7) is 0.840. The maximum absolute atomic E-state index is 12.1. The third kappa shape index (κ3) is 2.77. The number of thiophene rings is 1. The summed E-state index contributed by atoms with van der Waals surface area (Å²) in [6, 6.07) is 9.72. The number of nitrogens with zero attached hydrogens (tertiary/aromatic N) is 1. The molecule has 2 aromatic rings. The summed E-state index contributed by atoms with van der Waals surface area (Å²) in [5, 5.41) is 1.99. The molecule has 4 nitrogen and oxygen atoms in total. The van der Waals surface area contributed by atoms with Gasteiger partial charge in [0, 0.05) is 18.5 Å². The zero-order valence-corrected chi connectivity index (χ0v) is 12.0. The fourth-order valence-corrected chi connectivity index (χ4v) is 2.79. The highest BCUT2D eigenvalue weighted by molar-refractivity contribution is 7.10. The van der Waals surface area contributed by atoms with Crippen LogP contribution in [0.4, 0.5) is 0 Å². The standard InChI is InChI=1S/C15H15NO3S/c1-16(15(17)8-12-3-2-6-20-12)9-11-4-5-13-14(7-11)19-10-18-13/h2-7H,8-10H2,1H3. The molecular weight excluding hydrogens is 274 g/mol. The number of hydrogen-bond donors (Lipinski definition) is 0. The minimum atomic E-state index is 0.116. The summed E-state index contributed by atoms with van der Waals surface area (Å²) in [6.07, 6.45) is 0.457. The second-order valence-electron chi connectivity index (χ2n) is 4.69. The Morgan fingerprint density at radius 1 is 1.30 bits per heavy atom. The van der Waals surface area contributed by atoms with E-state index in [0.717, 1.165) is 21.9 Å². The van der Waals surface area contributed by atoms with Gasteiger partial charge in [-0.15, -0.1) is 11.3 Å². The van der Waals surface area contributed by atoms with Gasteiger partial charge in [-0.2, -0.15) is 0 Å². The molecule has 0 N–H and O–H groups in total. The van der Waals surface area contributed by atoms with Gasteiger partial charge in [0.05, 0.1) is 6.42 Å². The smallest absolute Gasteiger partial charge is 0.231 e. The molecule has 1 amide bonds. The van der Waals surface area contributed by atoms with Crippen LogP contribution in [0.2, 0.25) is 0 Å². The molecule has 0 fully saturated rings. The highest BCUT2D eigenvalue weighted by atomic mass is 32.1. The highest BCUT2D eigenvalue weighted by Crippen LogP contribution is 2.32. The van der Waals surface area contributed by atoms with Crippen molar-refractivity contribution in [1.82, 2.24) is 4.90 Å². The first-order chi connectivity index (χ1) is 9.72. The third-order valence-electron chi connectivity index (χ3n) is 3.19. The Kier molecular flexibility index (Phi) is 3.60. The first-order valence-electron chi connectivity index (χ1n) is 6.37. The van der Waals surface area contributed by atoms with Crippen molar-refractivity contribution >= 4 is 17.2 Å². The summed E-state index contributed by atoms with van der Waals surface area (Å²) in [4.78, 5) is 14.9. The van der Waals surface area contributed by atoms with E-state index in [0.29, 0.717) is 13.0 Å². The first-order valence-corrected chi connectivity index (χ1v) is 7.25. The molecular formula is C15H15NO3S. The van der Waals surface area contributed by atoms with Gasteiger partial charge in [0.1, 0.15) is 0 Å². The average Bonchev–Trinajstić information content (AvgIpc) is 3.08. The summed E-state index contributed by atoms with van der Waals surface area (Å²) in [5.74, 6) is 1.63. The van der Waals surface area contributed by atoms with Crippen molar-refractivity contribution in [3.05, 3.63) is 46.2 Å². The normalized spacial score (nSPS) is 12.4. The van der Waals surface area contributed by atoms with Crippen LogP contribution in [0, 0.1) is 0 Å². The fourth-order valence-electron chi connectivity index (χ4n) is 2.10. The quantitative estimate of drug-likeness (QED) is 0.868. The minimum absolute atomic E-state index is 0.116. The third-order valence-corrected chi connectivity index (χ3v) is 4.06. The first kappa shape index (κ1) is 13.0. The molecule has 2 heterocycles. The van der Waals surface area contributed by atoms with Gasteiger partial charge in [-0.25, -0.2) is 0 Å². The molecule has 1 aromatic heterocycles. The van der Waals surface area contributed by atoms with Crippen molar-refractivity contribution in [1.29, 1.82) is 0 Å². The Morgan fingerprint density at radius 2 is 2.15 bits per heavy atom. The maximum Gasteiger partial charge on any atom is 0.231 e. The van der Waals surface area contributed by atoms with Gasteiger partial charge in [-0.05, 0) is 29.1 Å². The molecule has 5 heteroatoms. The van der Waals surface area contributed by atoms with Gasteiger partial charge in [-0.1, -0.05) is 12.1 Å². The molecule has 0 spiro atoms. The van der Waals surface area contributed by atoms with Crippen LogP contribution in [-0.2, 0) is 17.8 Å². The predicted octanol–water partition coefficient (Wildman–Crippen LogP) is 2.68. The number of ether oxygens (including phenoxy) is 2. The van der Waals surface area contributed by atoms with Gasteiger partial charge >= 0.3 is 0 Å². The van der Waals surface area contributed by atoms with Crippen LogP contribution in [0.5, 0.6) is 11.5 Å². The number of rotatable bonds is 4. The fraction of sp³-hybridized carbons (Fsp3) is 0.267. The van der Waals surface area contributed by atoms with E-state index in [-0.39, 0.29) is 12.7 Å². The molecule has 0 atom stereocenters. The van der Waals surface area contributed by atoms with E-state index in [2.05, 4.69) is 0 Å². The Hall–Kier alpha value is -2.01. The van der Waals surface area contributed by atoms with E-state index in [4.69, 9.17) is 9.47 Å². The van der Waals surface area contributed by atoms with Crippen LogP contribution in [0.1, 0.15) is 10.4 Å². The topological polar surface area (TPSA) is 38.8 Å². The van der Waals surface area contributed by atoms with Crippen LogP contribution >= 0.6 is 11.3 Å². The van der Waals surface area contributed by atoms with Gasteiger partial charge < -0.3 is 14.4 Å². The van der Waals surface area contributed by atoms with Crippen LogP contribution in [0.15, 0.2) is 35.7 Å². The molecule has 20 heavy (non-hydrogen) atoms. The van der Waals surface area contributed by atoms with Gasteiger partial charge in [0.15, 0.2) is 11.5 Å². The van der Waals surface area contributed by atoms with E-state index in [1.807, 2.05) is 42.8 Å². The number of amides is 1. The van der Waals surface area contributed by atoms with E-state index in [9.17, 15) is 4.79 Å². The number of carbonyl (C=O) groups excluding carboxylic acids is 1. The average molecular weight is 289 g/mol. The number of fused-ring (bicyclic) bond motifs is 1. The van der Waals surface area contributed by atoms with E-state index in [1.165, 1.54) is 0 Å². The monoisotopic (exact) mass is 289 g/mol. The maximum atomic E-state index is 12.1. The van der Waals surface area contributed by atoms with Crippen LogP contribution in [0.3, 0.4) is 0 Å². The lowest BCUT2D eigenvalue weighted by atomic mass is 10.2. The molecule has 1 aliphatic heterocycles. The van der Waals surface area contributed by atoms with Crippen molar-refractivity contribution in [3.63, 3.8) is 0 Å². The van der Waals surface area contributed by atoms with Crippen LogP contribution < -0.4 is 9.47 Å². The lowest BCUT2D eigenvalue weighted by Crippen LogP contribution is -2.27. The Bertz CT molecular complexity index is 610. The summed E-state index contributed by atoms with van der Waals surface area (Å²) < 4.78 is 10.6. The molecule has 0 saturated heterocycles. The van der Waals surface area contributed by atoms with Crippen molar-refractivity contribution < 1.29 is 14.3 Å². The molecule has 0 bridgehead atoms. The number of hydrogen-bond acceptors (Lipinski definition) is 4. The molecule has 3 rings (SSSR count). The van der Waals surface area contributed by atoms with Crippen molar-refractivity contribution in [3.8, 4) is 11.5 Å². The summed E-state index contributed by atoms with van der Waals surface area (Å²) in [7, 11) is 1.82. The number of carbonyl (C=O) groups is 1. The second kappa shape index (κ2) is 5.54. The minimum Gasteiger partial charge on any atom is -0.454 e. The lowest BCUT2D eigenvalue weighted by Gasteiger charge is -2.17. The zero-order valence-electron chi connectivity index (χ0n) is 11.2. The van der Waals surface area contributed by atoms with Crippen LogP contribution in [0.25, 0.3) is 0 Å². The Labute approximate surface area is 121 Å². The highest BCUT2D eigenvalue weighted by Gasteiger charge is 2.15. The predicted molar refractivity (Wildman–Crippen MR) is 77.1 cm³/mol. The van der Waals surface area contributed by atoms with E-state index in [1.54, 1.807) is 16.2 Å². The molecule has 0 saturated carbocycles. The van der Waals surface area contributed by atoms with Crippen molar-refractivity contribution in [2.75, 3.05) is 13.8 Å². The van der Waals surface area contributed by atoms with E-state index >= 15 is 0 Å².